The predicted molar refractivity (Wildman–Crippen MR) is 92.2 cm³/mol. The molecule has 25 heavy (non-hydrogen) atoms. The van der Waals surface area contributed by atoms with Crippen LogP contribution in [0.25, 0.3) is 0 Å². The molecule has 0 unspecified atom stereocenters. The Morgan fingerprint density at radius 3 is 2.08 bits per heavy atom. The van der Waals surface area contributed by atoms with Crippen LogP contribution < -0.4 is 0 Å². The van der Waals surface area contributed by atoms with E-state index in [4.69, 9.17) is 4.74 Å². The van der Waals surface area contributed by atoms with Crippen molar-refractivity contribution in [3.63, 3.8) is 0 Å². The number of carbonyl (C=O) groups excluding carboxylic acids is 3. The summed E-state index contributed by atoms with van der Waals surface area (Å²) in [6.45, 7) is 1.97. The SMILES string of the molecule is CC[C@H](C(=O)OCCN1C(=O)c2ccccc2C1=O)c1ccccc1. The van der Waals surface area contributed by atoms with E-state index in [2.05, 4.69) is 0 Å². The predicted octanol–water partition coefficient (Wildman–Crippen LogP) is 3.02. The van der Waals surface area contributed by atoms with Crippen LogP contribution in [-0.4, -0.2) is 35.8 Å². The minimum atomic E-state index is -0.344. The summed E-state index contributed by atoms with van der Waals surface area (Å²) < 4.78 is 5.32. The Morgan fingerprint density at radius 1 is 0.960 bits per heavy atom. The quantitative estimate of drug-likeness (QED) is 0.600. The van der Waals surface area contributed by atoms with Gasteiger partial charge in [0.15, 0.2) is 0 Å². The van der Waals surface area contributed by atoms with Crippen LogP contribution in [0.1, 0.15) is 45.5 Å². The Labute approximate surface area is 146 Å². The zero-order valence-electron chi connectivity index (χ0n) is 14.0. The van der Waals surface area contributed by atoms with Crippen molar-refractivity contribution in [1.29, 1.82) is 0 Å². The first-order valence-corrected chi connectivity index (χ1v) is 8.30. The molecule has 0 saturated heterocycles. The highest BCUT2D eigenvalue weighted by Gasteiger charge is 2.35. The third-order valence-corrected chi connectivity index (χ3v) is 4.33. The molecule has 0 radical (unpaired) electrons. The van der Waals surface area contributed by atoms with E-state index in [1.807, 2.05) is 37.3 Å². The second-order valence-electron chi connectivity index (χ2n) is 5.85. The van der Waals surface area contributed by atoms with Crippen LogP contribution in [0.15, 0.2) is 54.6 Å². The van der Waals surface area contributed by atoms with Crippen molar-refractivity contribution in [3.8, 4) is 0 Å². The minimum absolute atomic E-state index is 0.00631. The van der Waals surface area contributed by atoms with Crippen molar-refractivity contribution in [2.75, 3.05) is 13.2 Å². The molecule has 0 N–H and O–H groups in total. The molecule has 3 rings (SSSR count). The van der Waals surface area contributed by atoms with Gasteiger partial charge in [0.25, 0.3) is 11.8 Å². The number of nitrogens with zero attached hydrogens (tertiary/aromatic N) is 1. The summed E-state index contributed by atoms with van der Waals surface area (Å²) in [5.41, 5.74) is 1.69. The van der Waals surface area contributed by atoms with Crippen LogP contribution in [-0.2, 0) is 9.53 Å². The topological polar surface area (TPSA) is 63.7 Å². The van der Waals surface area contributed by atoms with Gasteiger partial charge in [-0.15, -0.1) is 0 Å². The summed E-state index contributed by atoms with van der Waals surface area (Å²) in [6.07, 6.45) is 0.621. The van der Waals surface area contributed by atoms with E-state index in [1.54, 1.807) is 24.3 Å². The number of hydrogen-bond donors (Lipinski definition) is 0. The van der Waals surface area contributed by atoms with Gasteiger partial charge in [0.05, 0.1) is 23.6 Å². The van der Waals surface area contributed by atoms with E-state index < -0.39 is 0 Å². The van der Waals surface area contributed by atoms with E-state index in [0.29, 0.717) is 17.5 Å². The summed E-state index contributed by atoms with van der Waals surface area (Å²) in [5, 5.41) is 0. The molecule has 1 aliphatic rings. The Balaban J connectivity index is 1.59. The molecule has 0 spiro atoms. The number of amides is 2. The fourth-order valence-electron chi connectivity index (χ4n) is 3.00. The first-order valence-electron chi connectivity index (χ1n) is 8.30. The summed E-state index contributed by atoms with van der Waals surface area (Å²) in [5.74, 6) is -1.37. The van der Waals surface area contributed by atoms with Gasteiger partial charge in [-0.1, -0.05) is 49.4 Å². The molecule has 0 fully saturated rings. The molecule has 1 aliphatic heterocycles. The third kappa shape index (κ3) is 3.31. The van der Waals surface area contributed by atoms with Crippen LogP contribution in [0.2, 0.25) is 0 Å². The highest BCUT2D eigenvalue weighted by atomic mass is 16.5. The summed E-state index contributed by atoms with van der Waals surface area (Å²) in [6, 6.07) is 16.1. The smallest absolute Gasteiger partial charge is 0.313 e. The zero-order chi connectivity index (χ0) is 17.8. The molecule has 5 heteroatoms. The lowest BCUT2D eigenvalue weighted by Crippen LogP contribution is -2.34. The first kappa shape index (κ1) is 16.9. The molecule has 5 nitrogen and oxygen atoms in total. The standard InChI is InChI=1S/C20H19NO4/c1-2-15(14-8-4-3-5-9-14)20(24)25-13-12-21-18(22)16-10-6-7-11-17(16)19(21)23/h3-11,15H,2,12-13H2,1H3/t15-/m0/s1. The molecule has 1 atom stereocenters. The van der Waals surface area contributed by atoms with Crippen molar-refractivity contribution >= 4 is 17.8 Å². The molecule has 2 amide bonds. The fourth-order valence-corrected chi connectivity index (χ4v) is 3.00. The lowest BCUT2D eigenvalue weighted by atomic mass is 9.97. The van der Waals surface area contributed by atoms with Gasteiger partial charge >= 0.3 is 5.97 Å². The van der Waals surface area contributed by atoms with Gasteiger partial charge < -0.3 is 4.74 Å². The second-order valence-corrected chi connectivity index (χ2v) is 5.85. The average molecular weight is 337 g/mol. The van der Waals surface area contributed by atoms with E-state index >= 15 is 0 Å². The molecule has 128 valence electrons. The second kappa shape index (κ2) is 7.30. The van der Waals surface area contributed by atoms with Gasteiger partial charge in [-0.2, -0.15) is 0 Å². The number of imide groups is 1. The summed E-state index contributed by atoms with van der Waals surface area (Å²) >= 11 is 0. The van der Waals surface area contributed by atoms with Crippen LogP contribution in [0.5, 0.6) is 0 Å². The lowest BCUT2D eigenvalue weighted by Gasteiger charge is -2.17. The molecule has 1 heterocycles. The molecular weight excluding hydrogens is 318 g/mol. The summed E-state index contributed by atoms with van der Waals surface area (Å²) in [4.78, 5) is 38.0. The molecule has 2 aromatic rings. The monoisotopic (exact) mass is 337 g/mol. The van der Waals surface area contributed by atoms with Gasteiger partial charge in [-0.25, -0.2) is 0 Å². The molecule has 0 saturated carbocycles. The maximum absolute atomic E-state index is 12.3. The van der Waals surface area contributed by atoms with E-state index in [0.717, 1.165) is 10.5 Å². The Hall–Kier alpha value is -2.95. The highest BCUT2D eigenvalue weighted by molar-refractivity contribution is 6.21. The number of benzene rings is 2. The first-order chi connectivity index (χ1) is 12.1. The fraction of sp³-hybridized carbons (Fsp3) is 0.250. The van der Waals surface area contributed by atoms with Crippen molar-refractivity contribution in [3.05, 3.63) is 71.3 Å². The van der Waals surface area contributed by atoms with Crippen LogP contribution in [0.3, 0.4) is 0 Å². The van der Waals surface area contributed by atoms with Gasteiger partial charge in [-0.3, -0.25) is 19.3 Å². The number of ether oxygens (including phenoxy) is 1. The lowest BCUT2D eigenvalue weighted by molar-refractivity contribution is -0.145. The number of fused-ring (bicyclic) bond motifs is 1. The largest absolute Gasteiger partial charge is 0.463 e. The number of rotatable bonds is 6. The Morgan fingerprint density at radius 2 is 1.52 bits per heavy atom. The normalized spacial score (nSPS) is 14.4. The molecule has 0 aliphatic carbocycles. The van der Waals surface area contributed by atoms with E-state index in [9.17, 15) is 14.4 Å². The van der Waals surface area contributed by atoms with Crippen molar-refractivity contribution in [1.82, 2.24) is 4.90 Å². The van der Waals surface area contributed by atoms with Gasteiger partial charge in [0.1, 0.15) is 6.61 Å². The highest BCUT2D eigenvalue weighted by Crippen LogP contribution is 2.23. The zero-order valence-corrected chi connectivity index (χ0v) is 14.0. The number of esters is 1. The number of carbonyl (C=O) groups is 3. The third-order valence-electron chi connectivity index (χ3n) is 4.33. The van der Waals surface area contributed by atoms with Crippen LogP contribution in [0.4, 0.5) is 0 Å². The van der Waals surface area contributed by atoms with E-state index in [1.165, 1.54) is 0 Å². The Kier molecular flexibility index (Phi) is 4.93. The van der Waals surface area contributed by atoms with Crippen molar-refractivity contribution in [2.24, 2.45) is 0 Å². The molecule has 0 bridgehead atoms. The van der Waals surface area contributed by atoms with Gasteiger partial charge in [0.2, 0.25) is 0 Å². The molecule has 0 aromatic heterocycles. The van der Waals surface area contributed by atoms with Crippen LogP contribution >= 0.6 is 0 Å². The summed E-state index contributed by atoms with van der Waals surface area (Å²) in [7, 11) is 0. The molecule has 2 aromatic carbocycles. The molecular formula is C20H19NO4. The van der Waals surface area contributed by atoms with Crippen molar-refractivity contribution < 1.29 is 19.1 Å². The van der Waals surface area contributed by atoms with Gasteiger partial charge in [-0.05, 0) is 24.1 Å². The van der Waals surface area contributed by atoms with E-state index in [-0.39, 0.29) is 36.9 Å². The number of hydrogen-bond acceptors (Lipinski definition) is 4. The van der Waals surface area contributed by atoms with Crippen LogP contribution in [0, 0.1) is 0 Å². The maximum Gasteiger partial charge on any atom is 0.313 e. The average Bonchev–Trinajstić information content (AvgIpc) is 2.88. The van der Waals surface area contributed by atoms with Gasteiger partial charge in [0, 0.05) is 0 Å². The Bertz CT molecular complexity index is 765. The van der Waals surface area contributed by atoms with Crippen molar-refractivity contribution in [2.45, 2.75) is 19.3 Å². The maximum atomic E-state index is 12.3. The minimum Gasteiger partial charge on any atom is -0.463 e.